The maximum absolute atomic E-state index is 12.0. The summed E-state index contributed by atoms with van der Waals surface area (Å²) in [5.41, 5.74) is 3.32. The van der Waals surface area contributed by atoms with Crippen LogP contribution in [0.1, 0.15) is 25.8 Å². The molecule has 1 N–H and O–H groups in total. The summed E-state index contributed by atoms with van der Waals surface area (Å²) < 4.78 is 5.71. The molecule has 3 aromatic rings. The molecule has 0 aliphatic heterocycles. The maximum Gasteiger partial charge on any atom is 0.258 e. The molecule has 0 spiro atoms. The molecule has 0 aliphatic carbocycles. The van der Waals surface area contributed by atoms with Crippen molar-refractivity contribution in [3.8, 4) is 17.0 Å². The van der Waals surface area contributed by atoms with Gasteiger partial charge in [-0.15, -0.1) is 11.3 Å². The molecule has 6 heteroatoms. The maximum atomic E-state index is 12.0. The zero-order valence-electron chi connectivity index (χ0n) is 14.6. The van der Waals surface area contributed by atoms with E-state index in [9.17, 15) is 4.79 Å². The van der Waals surface area contributed by atoms with Crippen LogP contribution in [-0.2, 0) is 4.79 Å². The highest BCUT2D eigenvalue weighted by Crippen LogP contribution is 2.37. The van der Waals surface area contributed by atoms with Gasteiger partial charge in [-0.25, -0.2) is 9.97 Å². The van der Waals surface area contributed by atoms with Crippen molar-refractivity contribution in [3.63, 3.8) is 0 Å². The second kappa shape index (κ2) is 7.61. The number of aromatic nitrogens is 2. The molecule has 5 nitrogen and oxygen atoms in total. The van der Waals surface area contributed by atoms with Crippen molar-refractivity contribution in [1.82, 2.24) is 15.3 Å². The molecular weight excluding hydrogens is 334 g/mol. The number of hydrogen-bond donors (Lipinski definition) is 1. The molecule has 3 rings (SSSR count). The van der Waals surface area contributed by atoms with Crippen molar-refractivity contribution >= 4 is 27.5 Å². The van der Waals surface area contributed by atoms with Crippen molar-refractivity contribution in [3.05, 3.63) is 41.5 Å². The van der Waals surface area contributed by atoms with Crippen LogP contribution in [0, 0.1) is 6.92 Å². The molecule has 1 amide bonds. The Hall–Kier alpha value is -2.47. The lowest BCUT2D eigenvalue weighted by Crippen LogP contribution is -2.35. The van der Waals surface area contributed by atoms with Crippen LogP contribution >= 0.6 is 11.3 Å². The highest BCUT2D eigenvalue weighted by Gasteiger charge is 2.15. The molecule has 130 valence electrons. The van der Waals surface area contributed by atoms with Gasteiger partial charge >= 0.3 is 0 Å². The average molecular weight is 355 g/mol. The minimum Gasteiger partial charge on any atom is -0.467 e. The Kier molecular flexibility index (Phi) is 5.28. The van der Waals surface area contributed by atoms with Crippen LogP contribution in [0.4, 0.5) is 0 Å². The second-order valence-corrected chi connectivity index (χ2v) is 6.90. The molecular formula is C19H21N3O2S. The van der Waals surface area contributed by atoms with Crippen molar-refractivity contribution in [2.24, 2.45) is 0 Å². The fourth-order valence-corrected chi connectivity index (χ4v) is 3.36. The number of hydrogen-bond acceptors (Lipinski definition) is 5. The van der Waals surface area contributed by atoms with E-state index in [1.807, 2.05) is 13.8 Å². The third-order valence-electron chi connectivity index (χ3n) is 4.06. The van der Waals surface area contributed by atoms with Gasteiger partial charge in [-0.05, 0) is 25.8 Å². The van der Waals surface area contributed by atoms with E-state index < -0.39 is 0 Å². The summed E-state index contributed by atoms with van der Waals surface area (Å²) in [5.74, 6) is 0.300. The molecule has 2 aromatic heterocycles. The zero-order chi connectivity index (χ0) is 17.8. The Bertz CT molecular complexity index is 874. The smallest absolute Gasteiger partial charge is 0.258 e. The van der Waals surface area contributed by atoms with Crippen molar-refractivity contribution in [2.45, 2.75) is 33.2 Å². The van der Waals surface area contributed by atoms with Gasteiger partial charge in [0.25, 0.3) is 5.91 Å². The van der Waals surface area contributed by atoms with Crippen LogP contribution in [0.15, 0.2) is 36.0 Å². The Morgan fingerprint density at radius 1 is 1.28 bits per heavy atom. The summed E-state index contributed by atoms with van der Waals surface area (Å²) in [4.78, 5) is 21.4. The Morgan fingerprint density at radius 3 is 2.76 bits per heavy atom. The highest BCUT2D eigenvalue weighted by molar-refractivity contribution is 7.17. The van der Waals surface area contributed by atoms with Gasteiger partial charge in [0.2, 0.25) is 5.88 Å². The Morgan fingerprint density at radius 2 is 2.04 bits per heavy atom. The van der Waals surface area contributed by atoms with Crippen molar-refractivity contribution < 1.29 is 9.53 Å². The Balaban J connectivity index is 1.87. The fraction of sp³-hybridized carbons (Fsp3) is 0.316. The van der Waals surface area contributed by atoms with Gasteiger partial charge in [-0.2, -0.15) is 0 Å². The monoisotopic (exact) mass is 355 g/mol. The molecule has 1 aromatic carbocycles. The first kappa shape index (κ1) is 17.4. The van der Waals surface area contributed by atoms with Crippen molar-refractivity contribution in [2.75, 3.05) is 6.61 Å². The molecule has 0 radical (unpaired) electrons. The lowest BCUT2D eigenvalue weighted by molar-refractivity contribution is -0.123. The lowest BCUT2D eigenvalue weighted by atomic mass is 10.0. The summed E-state index contributed by atoms with van der Waals surface area (Å²) in [6, 6.07) is 8.42. The van der Waals surface area contributed by atoms with Gasteiger partial charge in [0.05, 0.1) is 5.39 Å². The number of nitrogens with zero attached hydrogens (tertiary/aromatic N) is 2. The minimum absolute atomic E-state index is 0.0559. The summed E-state index contributed by atoms with van der Waals surface area (Å²) in [5, 5.41) is 5.80. The van der Waals surface area contributed by atoms with Gasteiger partial charge in [-0.1, -0.05) is 36.8 Å². The quantitative estimate of drug-likeness (QED) is 0.727. The van der Waals surface area contributed by atoms with Crippen LogP contribution in [0.2, 0.25) is 0 Å². The third-order valence-corrected chi connectivity index (χ3v) is 4.94. The van der Waals surface area contributed by atoms with Crippen LogP contribution < -0.4 is 10.1 Å². The number of ether oxygens (including phenoxy) is 1. The number of carbonyl (C=O) groups is 1. The predicted molar refractivity (Wildman–Crippen MR) is 101 cm³/mol. The largest absolute Gasteiger partial charge is 0.467 e. The van der Waals surface area contributed by atoms with Gasteiger partial charge in [-0.3, -0.25) is 4.79 Å². The number of benzene rings is 1. The van der Waals surface area contributed by atoms with Crippen molar-refractivity contribution in [1.29, 1.82) is 0 Å². The molecule has 0 fully saturated rings. The molecule has 1 unspecified atom stereocenters. The van der Waals surface area contributed by atoms with E-state index in [0.29, 0.717) is 5.88 Å². The van der Waals surface area contributed by atoms with E-state index in [0.717, 1.165) is 27.8 Å². The molecule has 2 heterocycles. The number of amides is 1. The molecule has 0 saturated heterocycles. The van der Waals surface area contributed by atoms with E-state index in [1.165, 1.54) is 11.9 Å². The molecule has 1 atom stereocenters. The first-order valence-corrected chi connectivity index (χ1v) is 9.17. The van der Waals surface area contributed by atoms with Crippen LogP contribution in [0.25, 0.3) is 21.3 Å². The average Bonchev–Trinajstić information content (AvgIpc) is 3.05. The van der Waals surface area contributed by atoms with E-state index >= 15 is 0 Å². The van der Waals surface area contributed by atoms with E-state index in [1.54, 1.807) is 11.3 Å². The number of rotatable bonds is 6. The number of carbonyl (C=O) groups excluding carboxylic acids is 1. The molecule has 0 saturated carbocycles. The van der Waals surface area contributed by atoms with Gasteiger partial charge in [0.1, 0.15) is 11.2 Å². The van der Waals surface area contributed by atoms with Gasteiger partial charge in [0, 0.05) is 17.0 Å². The van der Waals surface area contributed by atoms with Crippen LogP contribution in [-0.4, -0.2) is 28.5 Å². The molecule has 0 aliphatic rings. The van der Waals surface area contributed by atoms with Gasteiger partial charge < -0.3 is 10.1 Å². The standard InChI is InChI=1S/C19H21N3O2S/c1-4-13(3)22-16(23)9-24-18-17-15(10-25-19(17)21-11-20-18)14-7-5-12(2)6-8-14/h5-8,10-11,13H,4,9H2,1-3H3,(H,22,23). The van der Waals surface area contributed by atoms with Gasteiger partial charge in [0.15, 0.2) is 6.61 Å². The highest BCUT2D eigenvalue weighted by atomic mass is 32.1. The minimum atomic E-state index is -0.145. The number of thiophene rings is 1. The lowest BCUT2D eigenvalue weighted by Gasteiger charge is -2.12. The summed E-state index contributed by atoms with van der Waals surface area (Å²) in [6.45, 7) is 6.00. The van der Waals surface area contributed by atoms with E-state index in [4.69, 9.17) is 4.74 Å². The van der Waals surface area contributed by atoms with Crippen LogP contribution in [0.3, 0.4) is 0 Å². The SMILES string of the molecule is CCC(C)NC(=O)COc1ncnc2scc(-c3ccc(C)cc3)c12. The van der Waals surface area contributed by atoms with E-state index in [-0.39, 0.29) is 18.6 Å². The summed E-state index contributed by atoms with van der Waals surface area (Å²) in [6.07, 6.45) is 2.35. The third kappa shape index (κ3) is 3.96. The number of nitrogens with one attached hydrogen (secondary N) is 1. The second-order valence-electron chi connectivity index (χ2n) is 6.04. The fourth-order valence-electron chi connectivity index (χ4n) is 2.46. The normalized spacial score (nSPS) is 12.1. The number of fused-ring (bicyclic) bond motifs is 1. The summed E-state index contributed by atoms with van der Waals surface area (Å²) in [7, 11) is 0. The predicted octanol–water partition coefficient (Wildman–Crippen LogP) is 3.96. The zero-order valence-corrected chi connectivity index (χ0v) is 15.4. The van der Waals surface area contributed by atoms with Crippen LogP contribution in [0.5, 0.6) is 5.88 Å². The topological polar surface area (TPSA) is 64.1 Å². The number of aryl methyl sites for hydroxylation is 1. The first-order chi connectivity index (χ1) is 12.1. The Labute approximate surface area is 151 Å². The first-order valence-electron chi connectivity index (χ1n) is 8.30. The molecule has 25 heavy (non-hydrogen) atoms. The van der Waals surface area contributed by atoms with E-state index in [2.05, 4.69) is 51.9 Å². The molecule has 0 bridgehead atoms. The summed E-state index contributed by atoms with van der Waals surface area (Å²) >= 11 is 1.54.